The lowest BCUT2D eigenvalue weighted by atomic mass is 9.90. The minimum absolute atomic E-state index is 0.133. The average Bonchev–Trinajstić information content (AvgIpc) is 2.82. The quantitative estimate of drug-likeness (QED) is 0.367. The molecule has 0 atom stereocenters. The van der Waals surface area contributed by atoms with Crippen molar-refractivity contribution in [2.45, 2.75) is 73.1 Å². The zero-order valence-corrected chi connectivity index (χ0v) is 22.0. The summed E-state index contributed by atoms with van der Waals surface area (Å²) in [5.74, 6) is 0.955. The number of Topliss-reactive ketones (excluding diaryl/α,β-unsaturated/α-hetero) is 1. The van der Waals surface area contributed by atoms with Crippen LogP contribution in [0.15, 0.2) is 48.5 Å². The summed E-state index contributed by atoms with van der Waals surface area (Å²) < 4.78 is 0. The molecule has 1 heterocycles. The summed E-state index contributed by atoms with van der Waals surface area (Å²) in [6.45, 7) is 13.8. The summed E-state index contributed by atoms with van der Waals surface area (Å²) in [6.07, 6.45) is 9.35. The van der Waals surface area contributed by atoms with Crippen LogP contribution in [-0.2, 0) is 17.6 Å². The van der Waals surface area contributed by atoms with Crippen LogP contribution in [0.1, 0.15) is 75.6 Å². The van der Waals surface area contributed by atoms with Gasteiger partial charge in [-0.2, -0.15) is 0 Å². The summed E-state index contributed by atoms with van der Waals surface area (Å²) in [4.78, 5) is 14.1. The Kier molecular flexibility index (Phi) is 11.9. The first kappa shape index (κ1) is 27.3. The summed E-state index contributed by atoms with van der Waals surface area (Å²) >= 11 is 6.23. The van der Waals surface area contributed by atoms with Crippen LogP contribution in [0.4, 0.5) is 0 Å². The first-order valence-corrected chi connectivity index (χ1v) is 13.0. The maximum atomic E-state index is 11.5. The number of piperidine rings is 1. The van der Waals surface area contributed by atoms with Crippen LogP contribution in [0.3, 0.4) is 0 Å². The second-order valence-corrected chi connectivity index (χ2v) is 9.60. The molecule has 0 radical (unpaired) electrons. The number of allylic oxidation sites excluding steroid dienone is 2. The van der Waals surface area contributed by atoms with Crippen molar-refractivity contribution in [3.8, 4) is 0 Å². The molecule has 0 N–H and O–H groups in total. The van der Waals surface area contributed by atoms with Crippen molar-refractivity contribution in [1.29, 1.82) is 0 Å². The van der Waals surface area contributed by atoms with Crippen molar-refractivity contribution >= 4 is 23.0 Å². The Morgan fingerprint density at radius 3 is 2.39 bits per heavy atom. The number of carbonyl (C=O) groups is 1. The lowest BCUT2D eigenvalue weighted by molar-refractivity contribution is -0.111. The number of rotatable bonds is 8. The second kappa shape index (κ2) is 14.4. The average molecular weight is 468 g/mol. The van der Waals surface area contributed by atoms with Gasteiger partial charge < -0.3 is 4.90 Å². The molecule has 0 saturated carbocycles. The monoisotopic (exact) mass is 467 g/mol. The summed E-state index contributed by atoms with van der Waals surface area (Å²) in [7, 11) is 0. The number of aryl methyl sites for hydroxylation is 2. The van der Waals surface area contributed by atoms with Crippen LogP contribution in [0.25, 0.3) is 5.57 Å². The highest BCUT2D eigenvalue weighted by molar-refractivity contribution is 6.31. The third-order valence-electron chi connectivity index (χ3n) is 6.67. The number of hydrogen-bond donors (Lipinski definition) is 0. The molecule has 33 heavy (non-hydrogen) atoms. The number of nitrogens with zero attached hydrogens (tertiary/aromatic N) is 1. The van der Waals surface area contributed by atoms with Gasteiger partial charge in [-0.05, 0) is 107 Å². The Bertz CT molecular complexity index is 909. The molecule has 2 nitrogen and oxygen atoms in total. The molecule has 0 amide bonds. The minimum Gasteiger partial charge on any atom is -0.303 e. The Morgan fingerprint density at radius 2 is 1.82 bits per heavy atom. The third-order valence-corrected chi connectivity index (χ3v) is 7.04. The van der Waals surface area contributed by atoms with Crippen LogP contribution in [0.2, 0.25) is 5.02 Å². The number of benzene rings is 2. The van der Waals surface area contributed by atoms with Crippen LogP contribution in [-0.4, -0.2) is 30.3 Å². The molecule has 0 unspecified atom stereocenters. The van der Waals surface area contributed by atoms with Gasteiger partial charge in [0.15, 0.2) is 5.78 Å². The molecular formula is C30H42ClNO. The van der Waals surface area contributed by atoms with E-state index in [0.717, 1.165) is 40.5 Å². The van der Waals surface area contributed by atoms with Crippen molar-refractivity contribution in [2.75, 3.05) is 19.6 Å². The highest BCUT2D eigenvalue weighted by atomic mass is 35.5. The lowest BCUT2D eigenvalue weighted by Crippen LogP contribution is -2.34. The Hall–Kier alpha value is -1.90. The maximum absolute atomic E-state index is 11.5. The van der Waals surface area contributed by atoms with Crippen molar-refractivity contribution in [3.63, 3.8) is 0 Å². The topological polar surface area (TPSA) is 20.3 Å². The fraction of sp³-hybridized carbons (Fsp3) is 0.500. The van der Waals surface area contributed by atoms with Crippen LogP contribution >= 0.6 is 11.6 Å². The number of likely N-dealkylation sites (tertiary alicyclic amines) is 1. The first-order valence-electron chi connectivity index (χ1n) is 12.6. The van der Waals surface area contributed by atoms with E-state index in [1.165, 1.54) is 56.4 Å². The van der Waals surface area contributed by atoms with Gasteiger partial charge in [0.1, 0.15) is 0 Å². The molecule has 2 aromatic rings. The van der Waals surface area contributed by atoms with Gasteiger partial charge in [-0.3, -0.25) is 4.79 Å². The van der Waals surface area contributed by atoms with E-state index in [0.29, 0.717) is 0 Å². The molecule has 1 saturated heterocycles. The first-order chi connectivity index (χ1) is 15.9. The van der Waals surface area contributed by atoms with Crippen molar-refractivity contribution in [2.24, 2.45) is 5.92 Å². The smallest absolute Gasteiger partial charge is 0.160 e. The van der Waals surface area contributed by atoms with Gasteiger partial charge >= 0.3 is 0 Å². The van der Waals surface area contributed by atoms with E-state index in [4.69, 9.17) is 11.6 Å². The molecule has 0 spiro atoms. The number of ketones is 1. The van der Waals surface area contributed by atoms with Gasteiger partial charge in [-0.1, -0.05) is 74.3 Å². The highest BCUT2D eigenvalue weighted by Gasteiger charge is 2.19. The summed E-state index contributed by atoms with van der Waals surface area (Å²) in [6, 6.07) is 14.6. The van der Waals surface area contributed by atoms with E-state index in [1.807, 2.05) is 32.1 Å². The van der Waals surface area contributed by atoms with Gasteiger partial charge in [0.2, 0.25) is 0 Å². The van der Waals surface area contributed by atoms with Crippen molar-refractivity contribution in [3.05, 3.63) is 75.8 Å². The molecule has 1 aliphatic heterocycles. The molecule has 180 valence electrons. The number of carbonyl (C=O) groups excluding carboxylic acids is 1. The van der Waals surface area contributed by atoms with Crippen molar-refractivity contribution in [1.82, 2.24) is 4.90 Å². The molecule has 0 aromatic heterocycles. The number of unbranched alkanes of at least 4 members (excludes halogenated alkanes) is 1. The molecule has 2 aromatic carbocycles. The SMILES string of the molecule is C/C=C(/C(C)=O)c1cc(CC)ccc1C.CCCCN1CCC(Cc2ccccc2Cl)CC1. The fourth-order valence-corrected chi connectivity index (χ4v) is 4.71. The number of hydrogen-bond acceptors (Lipinski definition) is 2. The Morgan fingerprint density at radius 1 is 1.12 bits per heavy atom. The maximum Gasteiger partial charge on any atom is 0.160 e. The molecule has 3 rings (SSSR count). The lowest BCUT2D eigenvalue weighted by Gasteiger charge is -2.32. The summed E-state index contributed by atoms with van der Waals surface area (Å²) in [5, 5.41) is 0.936. The number of halogens is 1. The van der Waals surface area contributed by atoms with E-state index in [1.54, 1.807) is 6.92 Å². The van der Waals surface area contributed by atoms with E-state index in [-0.39, 0.29) is 5.78 Å². The third kappa shape index (κ3) is 8.76. The molecule has 0 bridgehead atoms. The molecule has 1 fully saturated rings. The highest BCUT2D eigenvalue weighted by Crippen LogP contribution is 2.25. The van der Waals surface area contributed by atoms with Crippen molar-refractivity contribution < 1.29 is 4.79 Å². The Balaban J connectivity index is 0.000000238. The molecule has 0 aliphatic carbocycles. The molecular weight excluding hydrogens is 426 g/mol. The zero-order valence-electron chi connectivity index (χ0n) is 21.3. The van der Waals surface area contributed by atoms with Crippen LogP contribution in [0, 0.1) is 12.8 Å². The van der Waals surface area contributed by atoms with Gasteiger partial charge in [-0.25, -0.2) is 0 Å². The van der Waals surface area contributed by atoms with Gasteiger partial charge in [0.05, 0.1) is 0 Å². The fourth-order valence-electron chi connectivity index (χ4n) is 4.50. The summed E-state index contributed by atoms with van der Waals surface area (Å²) in [5.41, 5.74) is 5.66. The second-order valence-electron chi connectivity index (χ2n) is 9.20. The van der Waals surface area contributed by atoms with E-state index in [9.17, 15) is 4.79 Å². The van der Waals surface area contributed by atoms with Gasteiger partial charge in [-0.15, -0.1) is 0 Å². The van der Waals surface area contributed by atoms with Crippen LogP contribution in [0.5, 0.6) is 0 Å². The standard InChI is InChI=1S/C16H24ClN.C14H18O/c1-2-3-10-18-11-8-14(9-12-18)13-15-6-4-5-7-16(15)17;1-5-12-8-7-10(3)14(9-12)13(6-2)11(4)15/h4-7,14H,2-3,8-13H2,1H3;6-9H,5H2,1-4H3/b;13-6-. The minimum atomic E-state index is 0.133. The largest absolute Gasteiger partial charge is 0.303 e. The molecule has 3 heteroatoms. The Labute approximate surface area is 207 Å². The predicted octanol–water partition coefficient (Wildman–Crippen LogP) is 7.94. The van der Waals surface area contributed by atoms with Gasteiger partial charge in [0.25, 0.3) is 0 Å². The van der Waals surface area contributed by atoms with Crippen LogP contribution < -0.4 is 0 Å². The van der Waals surface area contributed by atoms with E-state index >= 15 is 0 Å². The predicted molar refractivity (Wildman–Crippen MR) is 144 cm³/mol. The van der Waals surface area contributed by atoms with E-state index < -0.39 is 0 Å². The van der Waals surface area contributed by atoms with E-state index in [2.05, 4.69) is 49.1 Å². The molecule has 1 aliphatic rings. The normalized spacial score (nSPS) is 15.2. The zero-order chi connectivity index (χ0) is 24.2. The van der Waals surface area contributed by atoms with Gasteiger partial charge in [0, 0.05) is 10.6 Å².